The number of anilines is 1. The monoisotopic (exact) mass is 431 g/mol. The number of unbranched alkanes of at least 4 members (excludes halogenated alkanes) is 1. The molecule has 158 valence electrons. The number of aryl methyl sites for hydroxylation is 1. The fourth-order valence-corrected chi connectivity index (χ4v) is 4.34. The number of ether oxygens (including phenoxy) is 1. The number of para-hydroxylation sites is 1. The quantitative estimate of drug-likeness (QED) is 0.320. The summed E-state index contributed by atoms with van der Waals surface area (Å²) >= 11 is 1.53. The fourth-order valence-electron chi connectivity index (χ4n) is 3.30. The molecule has 31 heavy (non-hydrogen) atoms. The smallest absolute Gasteiger partial charge is 0.260 e. The molecule has 4 rings (SSSR count). The highest BCUT2D eigenvalue weighted by Crippen LogP contribution is 2.32. The van der Waals surface area contributed by atoms with E-state index in [-0.39, 0.29) is 5.91 Å². The van der Waals surface area contributed by atoms with Crippen LogP contribution in [0.4, 0.5) is 5.13 Å². The van der Waals surface area contributed by atoms with Gasteiger partial charge < -0.3 is 4.74 Å². The van der Waals surface area contributed by atoms with Crippen molar-refractivity contribution >= 4 is 32.6 Å². The molecule has 0 saturated heterocycles. The number of carbonyl (C=O) groups excluding carboxylic acids is 1. The minimum absolute atomic E-state index is 0.110. The van der Waals surface area contributed by atoms with E-state index in [1.165, 1.54) is 11.3 Å². The molecule has 5 nitrogen and oxygen atoms in total. The second-order valence-corrected chi connectivity index (χ2v) is 8.41. The molecule has 0 radical (unpaired) electrons. The first-order valence-electron chi connectivity index (χ1n) is 10.5. The van der Waals surface area contributed by atoms with Crippen LogP contribution >= 0.6 is 11.3 Å². The zero-order valence-corrected chi connectivity index (χ0v) is 18.6. The van der Waals surface area contributed by atoms with E-state index in [4.69, 9.17) is 9.72 Å². The summed E-state index contributed by atoms with van der Waals surface area (Å²) in [5.74, 6) is 0.599. The van der Waals surface area contributed by atoms with Crippen LogP contribution in [0.15, 0.2) is 67.0 Å². The predicted octanol–water partition coefficient (Wildman–Crippen LogP) is 6.03. The first kappa shape index (κ1) is 21.0. The van der Waals surface area contributed by atoms with Crippen LogP contribution in [0.5, 0.6) is 5.75 Å². The summed E-state index contributed by atoms with van der Waals surface area (Å²) in [5.41, 5.74) is 3.55. The van der Waals surface area contributed by atoms with E-state index in [9.17, 15) is 4.79 Å². The summed E-state index contributed by atoms with van der Waals surface area (Å²) < 4.78 is 6.88. The SMILES string of the molecule is CCCCOc1cccc(C(=O)N(Cc2cccnc2)c2nc3c(C)cccc3s2)c1. The van der Waals surface area contributed by atoms with Crippen molar-refractivity contribution in [3.05, 3.63) is 83.7 Å². The van der Waals surface area contributed by atoms with Crippen molar-refractivity contribution in [3.63, 3.8) is 0 Å². The summed E-state index contributed by atoms with van der Waals surface area (Å²) in [6.45, 7) is 5.20. The number of fused-ring (bicyclic) bond motifs is 1. The summed E-state index contributed by atoms with van der Waals surface area (Å²) in [7, 11) is 0. The van der Waals surface area contributed by atoms with Crippen molar-refractivity contribution < 1.29 is 9.53 Å². The standard InChI is InChI=1S/C25H25N3O2S/c1-3-4-14-30-21-11-6-10-20(15-21)24(29)28(17-19-9-7-13-26-16-19)25-27-23-18(2)8-5-12-22(23)31-25/h5-13,15-16H,3-4,14,17H2,1-2H3. The first-order chi connectivity index (χ1) is 15.2. The van der Waals surface area contributed by atoms with Crippen LogP contribution in [-0.4, -0.2) is 22.5 Å². The molecule has 0 aliphatic rings. The highest BCUT2D eigenvalue weighted by atomic mass is 32.1. The molecular weight excluding hydrogens is 406 g/mol. The number of nitrogens with zero attached hydrogens (tertiary/aromatic N) is 3. The van der Waals surface area contributed by atoms with Gasteiger partial charge in [0.1, 0.15) is 5.75 Å². The van der Waals surface area contributed by atoms with Gasteiger partial charge in [0, 0.05) is 18.0 Å². The molecule has 0 atom stereocenters. The molecule has 1 amide bonds. The Balaban J connectivity index is 1.69. The van der Waals surface area contributed by atoms with Crippen molar-refractivity contribution in [2.24, 2.45) is 0 Å². The molecule has 6 heteroatoms. The number of benzene rings is 2. The van der Waals surface area contributed by atoms with E-state index in [0.717, 1.165) is 34.2 Å². The molecule has 0 unspecified atom stereocenters. The van der Waals surface area contributed by atoms with Gasteiger partial charge in [-0.3, -0.25) is 14.7 Å². The van der Waals surface area contributed by atoms with E-state index in [0.29, 0.717) is 29.6 Å². The maximum atomic E-state index is 13.6. The topological polar surface area (TPSA) is 55.3 Å². The third kappa shape index (κ3) is 4.91. The Morgan fingerprint density at radius 1 is 1.13 bits per heavy atom. The summed E-state index contributed by atoms with van der Waals surface area (Å²) in [4.78, 5) is 24.4. The van der Waals surface area contributed by atoms with Crippen molar-refractivity contribution in [3.8, 4) is 5.75 Å². The lowest BCUT2D eigenvalue weighted by Gasteiger charge is -2.20. The van der Waals surface area contributed by atoms with Gasteiger partial charge in [0.2, 0.25) is 0 Å². The van der Waals surface area contributed by atoms with Crippen LogP contribution in [0.1, 0.15) is 41.3 Å². The fraction of sp³-hybridized carbons (Fsp3) is 0.240. The number of rotatable bonds is 8. The Morgan fingerprint density at radius 3 is 2.77 bits per heavy atom. The van der Waals surface area contributed by atoms with Gasteiger partial charge in [0.05, 0.1) is 23.4 Å². The third-order valence-electron chi connectivity index (χ3n) is 5.00. The maximum absolute atomic E-state index is 13.6. The Kier molecular flexibility index (Phi) is 6.57. The van der Waals surface area contributed by atoms with Crippen LogP contribution in [0.2, 0.25) is 0 Å². The van der Waals surface area contributed by atoms with Crippen molar-refractivity contribution in [1.82, 2.24) is 9.97 Å². The van der Waals surface area contributed by atoms with Gasteiger partial charge in [-0.05, 0) is 54.8 Å². The summed E-state index contributed by atoms with van der Waals surface area (Å²) in [6.07, 6.45) is 5.56. The zero-order chi connectivity index (χ0) is 21.6. The molecule has 0 fully saturated rings. The molecule has 0 spiro atoms. The van der Waals surface area contributed by atoms with E-state index < -0.39 is 0 Å². The minimum Gasteiger partial charge on any atom is -0.494 e. The average molecular weight is 432 g/mol. The Morgan fingerprint density at radius 2 is 2.00 bits per heavy atom. The van der Waals surface area contributed by atoms with E-state index in [1.54, 1.807) is 17.3 Å². The highest BCUT2D eigenvalue weighted by molar-refractivity contribution is 7.22. The van der Waals surface area contributed by atoms with E-state index in [2.05, 4.69) is 11.9 Å². The van der Waals surface area contributed by atoms with E-state index >= 15 is 0 Å². The molecule has 2 aromatic heterocycles. The van der Waals surface area contributed by atoms with Crippen LogP contribution < -0.4 is 9.64 Å². The molecule has 0 N–H and O–H groups in total. The number of aromatic nitrogens is 2. The van der Waals surface area contributed by atoms with Gasteiger partial charge in [-0.15, -0.1) is 0 Å². The lowest BCUT2D eigenvalue weighted by Crippen LogP contribution is -2.30. The molecule has 0 aliphatic carbocycles. The zero-order valence-electron chi connectivity index (χ0n) is 17.7. The van der Waals surface area contributed by atoms with Gasteiger partial charge in [-0.2, -0.15) is 0 Å². The second-order valence-electron chi connectivity index (χ2n) is 7.40. The summed E-state index contributed by atoms with van der Waals surface area (Å²) in [6, 6.07) is 17.3. The van der Waals surface area contributed by atoms with Crippen molar-refractivity contribution in [2.75, 3.05) is 11.5 Å². The van der Waals surface area contributed by atoms with Crippen molar-refractivity contribution in [2.45, 2.75) is 33.2 Å². The Labute approximate surface area is 186 Å². The Hall–Kier alpha value is -3.25. The summed E-state index contributed by atoms with van der Waals surface area (Å²) in [5, 5.41) is 0.676. The number of carbonyl (C=O) groups is 1. The molecule has 2 heterocycles. The normalized spacial score (nSPS) is 10.9. The second kappa shape index (κ2) is 9.71. The molecule has 0 saturated carbocycles. The maximum Gasteiger partial charge on any atom is 0.260 e. The molecular formula is C25H25N3O2S. The molecule has 0 bridgehead atoms. The lowest BCUT2D eigenvalue weighted by atomic mass is 10.1. The largest absolute Gasteiger partial charge is 0.494 e. The number of hydrogen-bond acceptors (Lipinski definition) is 5. The third-order valence-corrected chi connectivity index (χ3v) is 6.04. The van der Waals surface area contributed by atoms with Gasteiger partial charge >= 0.3 is 0 Å². The molecule has 2 aromatic carbocycles. The number of amides is 1. The first-order valence-corrected chi connectivity index (χ1v) is 11.3. The number of thiazole rings is 1. The number of pyridine rings is 1. The number of hydrogen-bond donors (Lipinski definition) is 0. The van der Waals surface area contributed by atoms with Gasteiger partial charge in [0.25, 0.3) is 5.91 Å². The Bertz CT molecular complexity index is 1170. The van der Waals surface area contributed by atoms with Crippen LogP contribution in [0, 0.1) is 6.92 Å². The molecule has 4 aromatic rings. The average Bonchev–Trinajstić information content (AvgIpc) is 3.24. The van der Waals surface area contributed by atoms with Gasteiger partial charge in [-0.1, -0.05) is 48.9 Å². The van der Waals surface area contributed by atoms with Crippen LogP contribution in [0.25, 0.3) is 10.2 Å². The van der Waals surface area contributed by atoms with Crippen LogP contribution in [-0.2, 0) is 6.54 Å². The highest BCUT2D eigenvalue weighted by Gasteiger charge is 2.22. The van der Waals surface area contributed by atoms with E-state index in [1.807, 2.05) is 61.5 Å². The van der Waals surface area contributed by atoms with Crippen LogP contribution in [0.3, 0.4) is 0 Å². The lowest BCUT2D eigenvalue weighted by molar-refractivity contribution is 0.0984. The minimum atomic E-state index is -0.110. The molecule has 0 aliphatic heterocycles. The predicted molar refractivity (Wildman–Crippen MR) is 126 cm³/mol. The van der Waals surface area contributed by atoms with Gasteiger partial charge in [-0.25, -0.2) is 4.98 Å². The van der Waals surface area contributed by atoms with Gasteiger partial charge in [0.15, 0.2) is 5.13 Å². The van der Waals surface area contributed by atoms with Crippen molar-refractivity contribution in [1.29, 1.82) is 0 Å².